The summed E-state index contributed by atoms with van der Waals surface area (Å²) >= 11 is 1.71. The Balaban J connectivity index is 1.18. The van der Waals surface area contributed by atoms with Crippen molar-refractivity contribution in [1.29, 1.82) is 0 Å². The van der Waals surface area contributed by atoms with E-state index >= 15 is 0 Å². The summed E-state index contributed by atoms with van der Waals surface area (Å²) in [7, 11) is 0. The average molecular weight is 715 g/mol. The molecule has 256 valence electrons. The van der Waals surface area contributed by atoms with Gasteiger partial charge in [-0.2, -0.15) is 0 Å². The molecular weight excluding hydrogens is 685 g/mol. The number of fused-ring (bicyclic) bond motifs is 2. The molecule has 1 N–H and O–H groups in total. The Morgan fingerprint density at radius 1 is 0.593 bits per heavy atom. The number of benzene rings is 5. The zero-order valence-corrected chi connectivity index (χ0v) is 29.6. The van der Waals surface area contributed by atoms with Gasteiger partial charge in [0.05, 0.1) is 44.3 Å². The van der Waals surface area contributed by atoms with Crippen molar-refractivity contribution in [2.24, 2.45) is 9.98 Å². The number of pyridine rings is 1. The molecule has 3 aliphatic heterocycles. The van der Waals surface area contributed by atoms with E-state index in [2.05, 4.69) is 88.1 Å². The smallest absolute Gasteiger partial charge is 0.161 e. The Kier molecular flexibility index (Phi) is 8.00. The van der Waals surface area contributed by atoms with Crippen LogP contribution >= 0.6 is 11.8 Å². The van der Waals surface area contributed by atoms with E-state index in [0.29, 0.717) is 5.82 Å². The first-order valence-electron chi connectivity index (χ1n) is 17.7. The van der Waals surface area contributed by atoms with Crippen molar-refractivity contribution in [2.45, 2.75) is 15.8 Å². The maximum atomic E-state index is 6.45. The predicted molar refractivity (Wildman–Crippen MR) is 216 cm³/mol. The van der Waals surface area contributed by atoms with Gasteiger partial charge >= 0.3 is 0 Å². The fourth-order valence-electron chi connectivity index (χ4n) is 6.81. The Labute approximate surface area is 316 Å². The molecule has 2 aromatic heterocycles. The first-order chi connectivity index (χ1) is 26.7. The standard InChI is InChI=1S/C46H30N6OS/c1-3-12-29(13-4-1)37-27-40(36-23-25-48-36)51-45(49-37)31-21-22-32(33-16-11-19-42-44(33)54-43-20-8-7-18-41(43)53-42)34(26-31)46-50-38(30-14-5-2-6-15-30)28-39(52-46)35-17-9-10-24-47-35/h1-28,37H,(H,49,51). The normalized spacial score (nSPS) is 15.3. The van der Waals surface area contributed by atoms with Crippen molar-refractivity contribution in [2.75, 3.05) is 0 Å². The lowest BCUT2D eigenvalue weighted by molar-refractivity contribution is 0.455. The van der Waals surface area contributed by atoms with E-state index in [9.17, 15) is 0 Å². The van der Waals surface area contributed by atoms with Gasteiger partial charge in [-0.15, -0.1) is 0 Å². The van der Waals surface area contributed by atoms with Crippen LogP contribution in [0.5, 0.6) is 11.5 Å². The highest BCUT2D eigenvalue weighted by atomic mass is 32.2. The third-order valence-corrected chi connectivity index (χ3v) is 10.7. The van der Waals surface area contributed by atoms with E-state index in [4.69, 9.17) is 19.7 Å². The molecule has 0 saturated heterocycles. The molecule has 0 aliphatic carbocycles. The summed E-state index contributed by atoms with van der Waals surface area (Å²) in [6.45, 7) is 0. The number of amidine groups is 1. The van der Waals surface area contributed by atoms with E-state index in [0.717, 1.165) is 89.0 Å². The van der Waals surface area contributed by atoms with Gasteiger partial charge in [0.1, 0.15) is 17.3 Å². The van der Waals surface area contributed by atoms with Crippen LogP contribution in [-0.2, 0) is 0 Å². The number of para-hydroxylation sites is 1. The first kappa shape index (κ1) is 31.8. The van der Waals surface area contributed by atoms with Crippen LogP contribution in [-0.4, -0.2) is 27.0 Å². The van der Waals surface area contributed by atoms with Gasteiger partial charge in [-0.1, -0.05) is 115 Å². The predicted octanol–water partition coefficient (Wildman–Crippen LogP) is 10.7. The molecule has 5 heterocycles. The molecule has 54 heavy (non-hydrogen) atoms. The Morgan fingerprint density at radius 3 is 2.19 bits per heavy atom. The maximum absolute atomic E-state index is 6.45. The molecule has 1 unspecified atom stereocenters. The van der Waals surface area contributed by atoms with Gasteiger partial charge < -0.3 is 10.1 Å². The summed E-state index contributed by atoms with van der Waals surface area (Å²) in [5.41, 5.74) is 9.86. The highest BCUT2D eigenvalue weighted by molar-refractivity contribution is 7.99. The quantitative estimate of drug-likeness (QED) is 0.177. The van der Waals surface area contributed by atoms with Gasteiger partial charge in [0.15, 0.2) is 5.82 Å². The second-order valence-corrected chi connectivity index (χ2v) is 14.0. The second kappa shape index (κ2) is 13.6. The van der Waals surface area contributed by atoms with Gasteiger partial charge in [0.2, 0.25) is 0 Å². The third kappa shape index (κ3) is 5.98. The number of hydrogen-bond donors (Lipinski definition) is 1. The highest BCUT2D eigenvalue weighted by Crippen LogP contribution is 2.51. The van der Waals surface area contributed by atoms with E-state index in [1.807, 2.05) is 84.9 Å². The molecule has 0 spiro atoms. The molecule has 5 aromatic carbocycles. The Hall–Kier alpha value is -6.90. The van der Waals surface area contributed by atoms with Crippen molar-refractivity contribution in [3.63, 3.8) is 0 Å². The lowest BCUT2D eigenvalue weighted by atomic mass is 9.95. The van der Waals surface area contributed by atoms with Crippen molar-refractivity contribution in [3.8, 4) is 56.7 Å². The molecule has 7 aromatic rings. The van der Waals surface area contributed by atoms with Crippen LogP contribution in [0.3, 0.4) is 0 Å². The van der Waals surface area contributed by atoms with Crippen LogP contribution in [0.1, 0.15) is 17.2 Å². The summed E-state index contributed by atoms with van der Waals surface area (Å²) in [5.74, 6) is 2.98. The zero-order valence-electron chi connectivity index (χ0n) is 28.8. The number of nitrogens with zero attached hydrogens (tertiary/aromatic N) is 5. The minimum absolute atomic E-state index is 0.100. The van der Waals surface area contributed by atoms with Crippen molar-refractivity contribution < 1.29 is 4.74 Å². The molecular formula is C46H30N6OS. The number of ether oxygens (including phenoxy) is 1. The monoisotopic (exact) mass is 714 g/mol. The van der Waals surface area contributed by atoms with E-state index < -0.39 is 0 Å². The minimum atomic E-state index is -0.100. The molecule has 0 saturated carbocycles. The third-order valence-electron chi connectivity index (χ3n) is 9.52. The first-order valence-corrected chi connectivity index (χ1v) is 18.5. The van der Waals surface area contributed by atoms with Crippen molar-refractivity contribution >= 4 is 23.8 Å². The second-order valence-electron chi connectivity index (χ2n) is 13.0. The number of hydrogen-bond acceptors (Lipinski definition) is 8. The molecule has 10 rings (SSSR count). The van der Waals surface area contributed by atoms with Crippen LogP contribution in [0.4, 0.5) is 0 Å². The molecule has 7 nitrogen and oxygen atoms in total. The molecule has 0 fully saturated rings. The topological polar surface area (TPSA) is 84.7 Å². The summed E-state index contributed by atoms with van der Waals surface area (Å²) in [6.07, 6.45) is 7.72. The van der Waals surface area contributed by atoms with Gasteiger partial charge in [-0.25, -0.2) is 15.0 Å². The van der Waals surface area contributed by atoms with Crippen LogP contribution < -0.4 is 10.1 Å². The Morgan fingerprint density at radius 2 is 1.37 bits per heavy atom. The number of aliphatic imine (C=N–C) groups is 2. The fraction of sp³-hybridized carbons (Fsp3) is 0.0217. The summed E-state index contributed by atoms with van der Waals surface area (Å²) in [5, 5.41) is 3.71. The largest absolute Gasteiger partial charge is 0.455 e. The molecule has 0 amide bonds. The number of allylic oxidation sites excluding steroid dienone is 1. The molecule has 3 aliphatic rings. The van der Waals surface area contributed by atoms with Crippen LogP contribution in [0.25, 0.3) is 45.2 Å². The van der Waals surface area contributed by atoms with Crippen molar-refractivity contribution in [1.82, 2.24) is 20.3 Å². The zero-order chi connectivity index (χ0) is 35.8. The SMILES string of the molecule is C1=NC(C2=CC(c3ccccc3)NC(c3ccc(-c4cccc5c4Sc4ccccc4O5)c(-c4nc(-c5ccccc5)cc(-c5ccccn5)n4)c3)=N2)=C1. The number of aromatic nitrogens is 3. The number of rotatable bonds is 7. The maximum Gasteiger partial charge on any atom is 0.161 e. The fourth-order valence-corrected chi connectivity index (χ4v) is 7.89. The summed E-state index contributed by atoms with van der Waals surface area (Å²) < 4.78 is 6.45. The van der Waals surface area contributed by atoms with Gasteiger partial charge in [0.25, 0.3) is 0 Å². The van der Waals surface area contributed by atoms with Crippen LogP contribution in [0.15, 0.2) is 195 Å². The van der Waals surface area contributed by atoms with E-state index in [-0.39, 0.29) is 6.04 Å². The van der Waals surface area contributed by atoms with Gasteiger partial charge in [-0.05, 0) is 65.7 Å². The van der Waals surface area contributed by atoms with Crippen molar-refractivity contribution in [3.05, 3.63) is 186 Å². The highest BCUT2D eigenvalue weighted by Gasteiger charge is 2.26. The van der Waals surface area contributed by atoms with Crippen LogP contribution in [0, 0.1) is 0 Å². The lowest BCUT2D eigenvalue weighted by Gasteiger charge is -2.26. The molecule has 8 heteroatoms. The molecule has 1 atom stereocenters. The Bertz CT molecular complexity index is 2630. The number of nitrogens with one attached hydrogen (secondary N) is 1. The van der Waals surface area contributed by atoms with E-state index in [1.54, 1.807) is 24.2 Å². The van der Waals surface area contributed by atoms with Crippen LogP contribution in [0.2, 0.25) is 0 Å². The average Bonchev–Trinajstić information content (AvgIpc) is 3.22. The summed E-state index contributed by atoms with van der Waals surface area (Å²) in [4.78, 5) is 26.9. The van der Waals surface area contributed by atoms with E-state index in [1.165, 1.54) is 0 Å². The molecule has 0 radical (unpaired) electrons. The molecule has 0 bridgehead atoms. The summed E-state index contributed by atoms with van der Waals surface area (Å²) in [6, 6.07) is 49.2. The van der Waals surface area contributed by atoms with Gasteiger partial charge in [0, 0.05) is 34.7 Å². The van der Waals surface area contributed by atoms with Gasteiger partial charge in [-0.3, -0.25) is 9.98 Å². The minimum Gasteiger partial charge on any atom is -0.455 e. The lowest BCUT2D eigenvalue weighted by Crippen LogP contribution is -2.31.